The van der Waals surface area contributed by atoms with Crippen molar-refractivity contribution in [3.8, 4) is 0 Å². The first-order chi connectivity index (χ1) is 14.7. The molecule has 0 aliphatic heterocycles. The first-order valence-electron chi connectivity index (χ1n) is 13.2. The molecule has 0 rings (SSSR count). The maximum atomic E-state index is 11.7. The molecule has 1 unspecified atom stereocenters. The maximum Gasteiger partial charge on any atom is 0.305 e. The molecule has 4 heteroatoms. The highest BCUT2D eigenvalue weighted by Crippen LogP contribution is 2.12. The van der Waals surface area contributed by atoms with Crippen LogP contribution in [0.15, 0.2) is 0 Å². The number of rotatable bonds is 24. The summed E-state index contributed by atoms with van der Waals surface area (Å²) < 4.78 is 10.8. The molecule has 4 nitrogen and oxygen atoms in total. The fourth-order valence-corrected chi connectivity index (χ4v) is 3.62. The maximum absolute atomic E-state index is 11.7. The Hall–Kier alpha value is -0.610. The molecule has 30 heavy (non-hydrogen) atoms. The number of ether oxygens (including phenoxy) is 2. The van der Waals surface area contributed by atoms with E-state index in [1.807, 2.05) is 0 Å². The minimum Gasteiger partial charge on any atom is -0.466 e. The van der Waals surface area contributed by atoms with Crippen LogP contribution in [0.4, 0.5) is 0 Å². The Balaban J connectivity index is 3.24. The van der Waals surface area contributed by atoms with Crippen LogP contribution in [0.5, 0.6) is 0 Å². The molecule has 1 atom stereocenters. The lowest BCUT2D eigenvalue weighted by atomic mass is 10.1. The Kier molecular flexibility index (Phi) is 24.2. The van der Waals surface area contributed by atoms with Gasteiger partial charge in [-0.1, -0.05) is 104 Å². The van der Waals surface area contributed by atoms with Crippen molar-refractivity contribution < 1.29 is 19.4 Å². The molecular weight excluding hydrogens is 376 g/mol. The first kappa shape index (κ1) is 29.4. The second-order valence-electron chi connectivity index (χ2n) is 8.74. The van der Waals surface area contributed by atoms with Crippen molar-refractivity contribution in [2.24, 2.45) is 0 Å². The van der Waals surface area contributed by atoms with E-state index >= 15 is 0 Å². The van der Waals surface area contributed by atoms with Gasteiger partial charge in [-0.2, -0.15) is 0 Å². The highest BCUT2D eigenvalue weighted by Gasteiger charge is 2.05. The number of carbonyl (C=O) groups excluding carboxylic acids is 1. The highest BCUT2D eigenvalue weighted by molar-refractivity contribution is 5.69. The second kappa shape index (κ2) is 24.7. The van der Waals surface area contributed by atoms with Crippen molar-refractivity contribution >= 4 is 5.97 Å². The molecule has 180 valence electrons. The number of unbranched alkanes of at least 4 members (excludes halogenated alkanes) is 15. The number of carbonyl (C=O) groups is 1. The van der Waals surface area contributed by atoms with E-state index in [1.165, 1.54) is 64.2 Å². The molecule has 0 heterocycles. The summed E-state index contributed by atoms with van der Waals surface area (Å²) in [5.74, 6) is -0.0332. The average molecular weight is 429 g/mol. The monoisotopic (exact) mass is 428 g/mol. The Morgan fingerprint density at radius 1 is 0.633 bits per heavy atom. The Bertz CT molecular complexity index is 346. The van der Waals surface area contributed by atoms with Crippen molar-refractivity contribution in [1.29, 1.82) is 0 Å². The zero-order valence-electron chi connectivity index (χ0n) is 20.3. The van der Waals surface area contributed by atoms with Gasteiger partial charge >= 0.3 is 5.97 Å². The Morgan fingerprint density at radius 3 is 1.70 bits per heavy atom. The summed E-state index contributed by atoms with van der Waals surface area (Å²) in [7, 11) is 0. The number of hydrogen-bond donors (Lipinski definition) is 1. The molecule has 0 saturated heterocycles. The van der Waals surface area contributed by atoms with Crippen molar-refractivity contribution in [2.45, 2.75) is 149 Å². The summed E-state index contributed by atoms with van der Waals surface area (Å²) in [5, 5.41) is 9.86. The van der Waals surface area contributed by atoms with E-state index in [0.717, 1.165) is 57.8 Å². The predicted molar refractivity (Wildman–Crippen MR) is 127 cm³/mol. The van der Waals surface area contributed by atoms with Crippen molar-refractivity contribution in [2.75, 3.05) is 13.2 Å². The third kappa shape index (κ3) is 23.7. The fourth-order valence-electron chi connectivity index (χ4n) is 3.62. The number of hydrogen-bond acceptors (Lipinski definition) is 4. The van der Waals surface area contributed by atoms with E-state index in [0.29, 0.717) is 19.6 Å². The molecule has 1 N–H and O–H groups in total. The van der Waals surface area contributed by atoms with E-state index in [1.54, 1.807) is 0 Å². The zero-order chi connectivity index (χ0) is 22.1. The third-order valence-electron chi connectivity index (χ3n) is 5.65. The minimum atomic E-state index is -0.595. The standard InChI is InChI=1S/C26H52O4/c1-3-5-7-9-15-19-23-29-25(27)21-17-13-11-12-14-18-22-26(28)30-24-20-16-10-8-6-4-2/h25,27H,3-24H2,1-2H3. The minimum absolute atomic E-state index is 0.0332. The van der Waals surface area contributed by atoms with Crippen molar-refractivity contribution in [3.63, 3.8) is 0 Å². The fraction of sp³-hybridized carbons (Fsp3) is 0.962. The topological polar surface area (TPSA) is 55.8 Å². The van der Waals surface area contributed by atoms with Gasteiger partial charge in [-0.15, -0.1) is 0 Å². The van der Waals surface area contributed by atoms with Crippen LogP contribution < -0.4 is 0 Å². The molecule has 0 fully saturated rings. The highest BCUT2D eigenvalue weighted by atomic mass is 16.6. The molecule has 0 saturated carbocycles. The van der Waals surface area contributed by atoms with E-state index in [9.17, 15) is 9.90 Å². The normalized spacial score (nSPS) is 12.2. The largest absolute Gasteiger partial charge is 0.466 e. The molecule has 0 amide bonds. The quantitative estimate of drug-likeness (QED) is 0.0971. The van der Waals surface area contributed by atoms with Crippen LogP contribution in [0.1, 0.15) is 142 Å². The molecule has 0 aliphatic carbocycles. The van der Waals surface area contributed by atoms with Gasteiger partial charge in [0.2, 0.25) is 0 Å². The summed E-state index contributed by atoms with van der Waals surface area (Å²) in [5.41, 5.74) is 0. The Morgan fingerprint density at radius 2 is 1.10 bits per heavy atom. The van der Waals surface area contributed by atoms with Gasteiger partial charge in [-0.25, -0.2) is 0 Å². The predicted octanol–water partition coefficient (Wildman–Crippen LogP) is 7.71. The van der Waals surface area contributed by atoms with Gasteiger partial charge in [0.25, 0.3) is 0 Å². The van der Waals surface area contributed by atoms with Crippen LogP contribution in [-0.4, -0.2) is 30.6 Å². The molecular formula is C26H52O4. The average Bonchev–Trinajstić information content (AvgIpc) is 2.74. The molecule has 0 aromatic heterocycles. The lowest BCUT2D eigenvalue weighted by Crippen LogP contribution is -2.12. The molecule has 0 aromatic rings. The summed E-state index contributed by atoms with van der Waals surface area (Å²) in [6, 6.07) is 0. The lowest BCUT2D eigenvalue weighted by Gasteiger charge is -2.11. The van der Waals surface area contributed by atoms with Gasteiger partial charge in [0, 0.05) is 13.0 Å². The summed E-state index contributed by atoms with van der Waals surface area (Å²) in [6.07, 6.45) is 22.0. The van der Waals surface area contributed by atoms with Crippen LogP contribution in [0.3, 0.4) is 0 Å². The van der Waals surface area contributed by atoms with E-state index in [-0.39, 0.29) is 5.97 Å². The van der Waals surface area contributed by atoms with Gasteiger partial charge in [0.1, 0.15) is 0 Å². The lowest BCUT2D eigenvalue weighted by molar-refractivity contribution is -0.143. The smallest absolute Gasteiger partial charge is 0.305 e. The van der Waals surface area contributed by atoms with E-state index in [4.69, 9.17) is 9.47 Å². The molecule has 0 bridgehead atoms. The van der Waals surface area contributed by atoms with Crippen molar-refractivity contribution in [1.82, 2.24) is 0 Å². The Labute approximate surface area is 187 Å². The van der Waals surface area contributed by atoms with Crippen LogP contribution in [0.2, 0.25) is 0 Å². The number of aliphatic hydroxyl groups excluding tert-OH is 1. The van der Waals surface area contributed by atoms with Gasteiger partial charge < -0.3 is 14.6 Å². The molecule has 0 aromatic carbocycles. The number of esters is 1. The van der Waals surface area contributed by atoms with Gasteiger partial charge in [-0.3, -0.25) is 4.79 Å². The summed E-state index contributed by atoms with van der Waals surface area (Å²) in [4.78, 5) is 11.7. The molecule has 0 aliphatic rings. The molecule has 0 radical (unpaired) electrons. The first-order valence-corrected chi connectivity index (χ1v) is 13.2. The van der Waals surface area contributed by atoms with Crippen LogP contribution in [-0.2, 0) is 14.3 Å². The summed E-state index contributed by atoms with van der Waals surface area (Å²) >= 11 is 0. The van der Waals surface area contributed by atoms with Crippen LogP contribution in [0.25, 0.3) is 0 Å². The number of aliphatic hydroxyl groups is 1. The molecule has 0 spiro atoms. The van der Waals surface area contributed by atoms with Gasteiger partial charge in [-0.05, 0) is 32.1 Å². The van der Waals surface area contributed by atoms with Crippen LogP contribution in [0, 0.1) is 0 Å². The van der Waals surface area contributed by atoms with Gasteiger partial charge in [0.05, 0.1) is 6.61 Å². The van der Waals surface area contributed by atoms with Gasteiger partial charge in [0.15, 0.2) is 6.29 Å². The zero-order valence-corrected chi connectivity index (χ0v) is 20.3. The van der Waals surface area contributed by atoms with E-state index < -0.39 is 6.29 Å². The van der Waals surface area contributed by atoms with Crippen molar-refractivity contribution in [3.05, 3.63) is 0 Å². The third-order valence-corrected chi connectivity index (χ3v) is 5.65. The van der Waals surface area contributed by atoms with Crippen LogP contribution >= 0.6 is 0 Å². The van der Waals surface area contributed by atoms with E-state index in [2.05, 4.69) is 13.8 Å². The summed E-state index contributed by atoms with van der Waals surface area (Å²) in [6.45, 7) is 5.73. The SMILES string of the molecule is CCCCCCCCOC(=O)CCCCCCCCC(O)OCCCCCCCC. The second-order valence-corrected chi connectivity index (χ2v) is 8.74.